The van der Waals surface area contributed by atoms with Gasteiger partial charge in [-0.15, -0.1) is 0 Å². The number of likely N-dealkylation sites (N-methyl/N-ethyl adjacent to an activating group) is 1. The van der Waals surface area contributed by atoms with Crippen molar-refractivity contribution in [3.8, 4) is 0 Å². The molecule has 0 saturated heterocycles. The van der Waals surface area contributed by atoms with Crippen LogP contribution in [0.25, 0.3) is 16.5 Å². The molecule has 2 heterocycles. The molecule has 1 aliphatic heterocycles. The Hall–Kier alpha value is -3.44. The van der Waals surface area contributed by atoms with Crippen LogP contribution in [0, 0.1) is 5.41 Å². The fourth-order valence-corrected chi connectivity index (χ4v) is 8.70. The third kappa shape index (κ3) is 14.4. The predicted molar refractivity (Wildman–Crippen MR) is 233 cm³/mol. The summed E-state index contributed by atoms with van der Waals surface area (Å²) in [5.41, 5.74) is 4.06. The summed E-state index contributed by atoms with van der Waals surface area (Å²) in [6.07, 6.45) is 16.5. The summed E-state index contributed by atoms with van der Waals surface area (Å²) in [5.74, 6) is -0.562. The molecule has 0 N–H and O–H groups in total. The number of rotatable bonds is 27. The largest absolute Gasteiger partial charge is 0.495 e. The van der Waals surface area contributed by atoms with Crippen molar-refractivity contribution in [1.82, 2.24) is 9.47 Å². The molecular formula is C47H69BrN2O8. The van der Waals surface area contributed by atoms with Gasteiger partial charge in [0.1, 0.15) is 13.2 Å². The van der Waals surface area contributed by atoms with E-state index in [9.17, 15) is 19.2 Å². The second kappa shape index (κ2) is 24.0. The minimum atomic E-state index is -0.772. The van der Waals surface area contributed by atoms with Crippen molar-refractivity contribution in [3.05, 3.63) is 52.3 Å². The van der Waals surface area contributed by atoms with Crippen molar-refractivity contribution in [2.75, 3.05) is 33.4 Å². The van der Waals surface area contributed by atoms with Crippen LogP contribution in [0.15, 0.2) is 41.2 Å². The number of esters is 3. The van der Waals surface area contributed by atoms with Gasteiger partial charge in [-0.1, -0.05) is 104 Å². The van der Waals surface area contributed by atoms with E-state index in [0.717, 1.165) is 91.8 Å². The Kier molecular flexibility index (Phi) is 19.5. The van der Waals surface area contributed by atoms with Gasteiger partial charge in [-0.25, -0.2) is 0 Å². The van der Waals surface area contributed by atoms with E-state index in [1.807, 2.05) is 26.0 Å². The number of carbonyl (C=O) groups excluding carboxylic acids is 4. The molecule has 2 aromatic rings. The highest BCUT2D eigenvalue weighted by Gasteiger charge is 2.34. The number of hydrogen-bond acceptors (Lipinski definition) is 9. The zero-order valence-electron chi connectivity index (χ0n) is 36.0. The van der Waals surface area contributed by atoms with E-state index < -0.39 is 17.5 Å². The Morgan fingerprint density at radius 2 is 1.52 bits per heavy atom. The average Bonchev–Trinajstić information content (AvgIpc) is 3.48. The number of nitrogens with zero attached hydrogens (tertiary/aromatic N) is 2. The molecule has 4 rings (SSSR count). The van der Waals surface area contributed by atoms with Crippen molar-refractivity contribution in [3.63, 3.8) is 0 Å². The van der Waals surface area contributed by atoms with E-state index in [1.165, 1.54) is 30.4 Å². The first kappa shape index (κ1) is 47.2. The number of allylic oxidation sites excluding steroid dienone is 1. The second-order valence-corrected chi connectivity index (χ2v) is 17.7. The van der Waals surface area contributed by atoms with Gasteiger partial charge in [-0.2, -0.15) is 0 Å². The summed E-state index contributed by atoms with van der Waals surface area (Å²) in [4.78, 5) is 54.4. The van der Waals surface area contributed by atoms with E-state index in [0.29, 0.717) is 31.1 Å². The molecule has 0 saturated carbocycles. The van der Waals surface area contributed by atoms with E-state index >= 15 is 0 Å². The normalized spacial score (nSPS) is 15.7. The Bertz CT molecular complexity index is 1700. The predicted octanol–water partition coefficient (Wildman–Crippen LogP) is 10.9. The highest BCUT2D eigenvalue weighted by molar-refractivity contribution is 9.10. The van der Waals surface area contributed by atoms with Gasteiger partial charge >= 0.3 is 17.9 Å². The lowest BCUT2D eigenvalue weighted by atomic mass is 9.82. The minimum absolute atomic E-state index is 0.0456. The zero-order valence-corrected chi connectivity index (χ0v) is 37.6. The van der Waals surface area contributed by atoms with Crippen molar-refractivity contribution in [2.24, 2.45) is 5.41 Å². The summed E-state index contributed by atoms with van der Waals surface area (Å²) in [6.45, 7) is 13.3. The van der Waals surface area contributed by atoms with Gasteiger partial charge in [0.25, 0.3) is 0 Å². The zero-order chi connectivity index (χ0) is 42.1. The molecule has 0 bridgehead atoms. The molecule has 2 aliphatic rings. The monoisotopic (exact) mass is 868 g/mol. The molecular weight excluding hydrogens is 800 g/mol. The molecule has 2 unspecified atom stereocenters. The van der Waals surface area contributed by atoms with Crippen LogP contribution in [0.3, 0.4) is 0 Å². The van der Waals surface area contributed by atoms with Crippen molar-refractivity contribution >= 4 is 56.2 Å². The summed E-state index contributed by atoms with van der Waals surface area (Å²) in [5, 5.41) is 1.14. The van der Waals surface area contributed by atoms with E-state index in [2.05, 4.69) is 60.4 Å². The summed E-state index contributed by atoms with van der Waals surface area (Å²) < 4.78 is 25.3. The highest BCUT2D eigenvalue weighted by atomic mass is 79.9. The molecule has 10 nitrogen and oxygen atoms in total. The van der Waals surface area contributed by atoms with E-state index in [4.69, 9.17) is 18.9 Å². The van der Waals surface area contributed by atoms with Crippen molar-refractivity contribution in [1.29, 1.82) is 0 Å². The number of carbonyl (C=O) groups is 4. The highest BCUT2D eigenvalue weighted by Crippen LogP contribution is 2.44. The summed E-state index contributed by atoms with van der Waals surface area (Å²) >= 11 is 3.77. The van der Waals surface area contributed by atoms with Crippen LogP contribution in [0.5, 0.6) is 0 Å². The Morgan fingerprint density at radius 1 is 0.845 bits per heavy atom. The molecule has 322 valence electrons. The van der Waals surface area contributed by atoms with Gasteiger partial charge in [0.2, 0.25) is 5.91 Å². The number of fused-ring (bicyclic) bond motifs is 2. The number of hydrogen-bond donors (Lipinski definition) is 0. The van der Waals surface area contributed by atoms with Gasteiger partial charge in [-0.3, -0.25) is 28.6 Å². The Morgan fingerprint density at radius 3 is 2.24 bits per heavy atom. The molecule has 0 amide bonds. The SMILES string of the molecule is C=C(CCCCCCC)OCC(COC(=O)CCCCCCC)OC(=O)CC(C)(C)CCC(=O)OCCCC(=O)n1c(Br)c2c3c(cccc31)C1=CCCN(C)C1C2. The number of halogens is 1. The van der Waals surface area contributed by atoms with Crippen LogP contribution in [0.2, 0.25) is 0 Å². The van der Waals surface area contributed by atoms with Crippen LogP contribution in [0.1, 0.15) is 159 Å². The van der Waals surface area contributed by atoms with Gasteiger partial charge < -0.3 is 18.9 Å². The first-order valence-corrected chi connectivity index (χ1v) is 22.7. The van der Waals surface area contributed by atoms with Crippen LogP contribution in [0.4, 0.5) is 0 Å². The Balaban J connectivity index is 1.21. The molecule has 1 aromatic heterocycles. The van der Waals surface area contributed by atoms with Gasteiger partial charge in [0.05, 0.1) is 28.9 Å². The topological polar surface area (TPSA) is 113 Å². The fourth-order valence-electron chi connectivity index (χ4n) is 7.96. The Labute approximate surface area is 355 Å². The fraction of sp³-hybridized carbons (Fsp3) is 0.660. The molecule has 2 atom stereocenters. The first-order chi connectivity index (χ1) is 27.8. The molecule has 0 fully saturated rings. The average molecular weight is 870 g/mol. The van der Waals surface area contributed by atoms with Crippen molar-refractivity contribution < 1.29 is 38.1 Å². The standard InChI is InChI=1S/C47H69BrN2O8/c1-7-9-11-13-15-20-34(3)56-32-35(33-57-42(52)25-16-14-12-10-8-2)58-44(54)31-47(4,5)27-26-43(53)55-29-19-24-41(51)50-39-23-17-21-37-36-22-18-28-49(6)40(36)30-38(45(37)39)46(50)48/h17,21-23,35,40H,3,7-16,18-20,24-33H2,1-2,4-6H3. The number of aromatic nitrogens is 1. The van der Waals surface area contributed by atoms with Gasteiger partial charge in [0.15, 0.2) is 6.10 Å². The number of unbranched alkanes of at least 4 members (excludes halogenated alkanes) is 8. The molecule has 1 aromatic carbocycles. The van der Waals surface area contributed by atoms with Gasteiger partial charge in [-0.05, 0) is 89.7 Å². The number of benzene rings is 1. The van der Waals surface area contributed by atoms with Crippen molar-refractivity contribution in [2.45, 2.75) is 162 Å². The van der Waals surface area contributed by atoms with E-state index in [-0.39, 0.29) is 56.9 Å². The van der Waals surface area contributed by atoms with Crippen LogP contribution < -0.4 is 0 Å². The molecule has 0 spiro atoms. The van der Waals surface area contributed by atoms with Crippen LogP contribution >= 0.6 is 15.9 Å². The third-order valence-electron chi connectivity index (χ3n) is 11.4. The maximum atomic E-state index is 13.6. The molecule has 0 radical (unpaired) electrons. The summed E-state index contributed by atoms with van der Waals surface area (Å²) in [6, 6.07) is 6.48. The van der Waals surface area contributed by atoms with Crippen LogP contribution in [-0.4, -0.2) is 78.8 Å². The lowest BCUT2D eigenvalue weighted by Gasteiger charge is -2.37. The second-order valence-electron chi connectivity index (χ2n) is 17.0. The lowest BCUT2D eigenvalue weighted by molar-refractivity contribution is -0.163. The van der Waals surface area contributed by atoms with Crippen LogP contribution in [-0.2, 0) is 39.8 Å². The first-order valence-electron chi connectivity index (χ1n) is 21.9. The smallest absolute Gasteiger partial charge is 0.306 e. The maximum Gasteiger partial charge on any atom is 0.306 e. The van der Waals surface area contributed by atoms with E-state index in [1.54, 1.807) is 4.57 Å². The summed E-state index contributed by atoms with van der Waals surface area (Å²) in [7, 11) is 2.16. The molecule has 11 heteroatoms. The molecule has 1 aliphatic carbocycles. The molecule has 58 heavy (non-hydrogen) atoms. The minimum Gasteiger partial charge on any atom is -0.495 e. The third-order valence-corrected chi connectivity index (χ3v) is 12.2. The quantitative estimate of drug-likeness (QED) is 0.0375. The maximum absolute atomic E-state index is 13.6. The number of ether oxygens (including phenoxy) is 4. The lowest BCUT2D eigenvalue weighted by Crippen LogP contribution is -2.39. The van der Waals surface area contributed by atoms with Gasteiger partial charge in [0, 0.05) is 43.7 Å².